The van der Waals surface area contributed by atoms with Crippen LogP contribution in [-0.2, 0) is 4.79 Å². The van der Waals surface area contributed by atoms with Crippen molar-refractivity contribution in [3.63, 3.8) is 0 Å². The largest absolute Gasteiger partial charge is 0.351 e. The standard InChI is InChI=1S/C23H27N5O3/c29-20(19-15-18(16-9-10-16)26-28(19)17-7-2-1-3-8-17)24-13-6-14-27-21(30)23(25-22(27)31)11-4-5-12-23/h1-3,7-8,15-16H,4-6,9-14H2,(H,24,29)(H,25,31). The van der Waals surface area contributed by atoms with Crippen LogP contribution in [0, 0.1) is 0 Å². The van der Waals surface area contributed by atoms with Crippen molar-refractivity contribution < 1.29 is 14.4 Å². The molecule has 3 aliphatic rings. The lowest BCUT2D eigenvalue weighted by Gasteiger charge is -2.20. The Labute approximate surface area is 181 Å². The molecule has 162 valence electrons. The summed E-state index contributed by atoms with van der Waals surface area (Å²) in [7, 11) is 0. The average molecular weight is 422 g/mol. The van der Waals surface area contributed by atoms with E-state index in [0.29, 0.717) is 31.1 Å². The van der Waals surface area contributed by atoms with Gasteiger partial charge in [0.15, 0.2) is 0 Å². The highest BCUT2D eigenvalue weighted by Crippen LogP contribution is 2.39. The molecule has 1 aromatic carbocycles. The molecule has 2 aliphatic carbocycles. The van der Waals surface area contributed by atoms with Crippen LogP contribution < -0.4 is 10.6 Å². The summed E-state index contributed by atoms with van der Waals surface area (Å²) in [5.41, 5.74) is 1.63. The number of hydrogen-bond acceptors (Lipinski definition) is 4. The van der Waals surface area contributed by atoms with Gasteiger partial charge in [-0.25, -0.2) is 9.48 Å². The molecule has 1 aromatic heterocycles. The van der Waals surface area contributed by atoms with Gasteiger partial charge in [0.1, 0.15) is 11.2 Å². The second-order valence-corrected chi connectivity index (χ2v) is 8.76. The predicted octanol–water partition coefficient (Wildman–Crippen LogP) is 2.73. The van der Waals surface area contributed by atoms with Crippen LogP contribution in [0.15, 0.2) is 36.4 Å². The number of amides is 4. The number of nitrogens with one attached hydrogen (secondary N) is 2. The highest BCUT2D eigenvalue weighted by atomic mass is 16.2. The molecule has 0 bridgehead atoms. The van der Waals surface area contributed by atoms with Gasteiger partial charge in [0.05, 0.1) is 11.4 Å². The molecule has 2 aromatic rings. The van der Waals surface area contributed by atoms with E-state index < -0.39 is 5.54 Å². The van der Waals surface area contributed by atoms with Gasteiger partial charge in [-0.05, 0) is 50.3 Å². The predicted molar refractivity (Wildman–Crippen MR) is 114 cm³/mol. The second kappa shape index (κ2) is 7.83. The third kappa shape index (κ3) is 3.71. The monoisotopic (exact) mass is 421 g/mol. The number of benzene rings is 1. The van der Waals surface area contributed by atoms with Gasteiger partial charge < -0.3 is 10.6 Å². The first-order chi connectivity index (χ1) is 15.1. The fourth-order valence-electron chi connectivity index (χ4n) is 4.63. The van der Waals surface area contributed by atoms with Gasteiger partial charge in [-0.1, -0.05) is 31.0 Å². The Balaban J connectivity index is 1.21. The number of para-hydroxylation sites is 1. The number of urea groups is 1. The summed E-state index contributed by atoms with van der Waals surface area (Å²) in [5, 5.41) is 10.5. The first-order valence-corrected chi connectivity index (χ1v) is 11.2. The van der Waals surface area contributed by atoms with E-state index in [1.807, 2.05) is 36.4 Å². The van der Waals surface area contributed by atoms with Gasteiger partial charge in [-0.15, -0.1) is 0 Å². The van der Waals surface area contributed by atoms with E-state index in [1.165, 1.54) is 4.90 Å². The van der Waals surface area contributed by atoms with Gasteiger partial charge in [0.25, 0.3) is 11.8 Å². The normalized spacial score (nSPS) is 19.8. The zero-order valence-corrected chi connectivity index (χ0v) is 17.5. The molecule has 1 saturated heterocycles. The van der Waals surface area contributed by atoms with Gasteiger partial charge in [0.2, 0.25) is 0 Å². The molecule has 31 heavy (non-hydrogen) atoms. The van der Waals surface area contributed by atoms with Gasteiger partial charge in [-0.2, -0.15) is 5.10 Å². The third-order valence-electron chi connectivity index (χ3n) is 6.50. The van der Waals surface area contributed by atoms with E-state index in [0.717, 1.165) is 49.9 Å². The van der Waals surface area contributed by atoms with Crippen LogP contribution in [0.4, 0.5) is 4.79 Å². The van der Waals surface area contributed by atoms with Crippen molar-refractivity contribution in [1.29, 1.82) is 0 Å². The molecule has 2 N–H and O–H groups in total. The number of rotatable bonds is 7. The van der Waals surface area contributed by atoms with E-state index >= 15 is 0 Å². The van der Waals surface area contributed by atoms with Crippen molar-refractivity contribution in [3.8, 4) is 5.69 Å². The smallest absolute Gasteiger partial charge is 0.325 e. The van der Waals surface area contributed by atoms with Gasteiger partial charge in [0, 0.05) is 19.0 Å². The zero-order valence-electron chi connectivity index (χ0n) is 17.5. The Bertz CT molecular complexity index is 1010. The molecule has 8 heteroatoms. The van der Waals surface area contributed by atoms with Crippen molar-refractivity contribution >= 4 is 17.8 Å². The van der Waals surface area contributed by atoms with E-state index in [9.17, 15) is 14.4 Å². The molecule has 2 heterocycles. The Kier molecular flexibility index (Phi) is 5.00. The molecule has 5 rings (SSSR count). The summed E-state index contributed by atoms with van der Waals surface area (Å²) >= 11 is 0. The van der Waals surface area contributed by atoms with Crippen molar-refractivity contribution in [2.75, 3.05) is 13.1 Å². The maximum Gasteiger partial charge on any atom is 0.325 e. The minimum atomic E-state index is -0.679. The summed E-state index contributed by atoms with van der Waals surface area (Å²) in [4.78, 5) is 39.2. The van der Waals surface area contributed by atoms with Crippen LogP contribution in [-0.4, -0.2) is 51.2 Å². The maximum absolute atomic E-state index is 12.9. The minimum absolute atomic E-state index is 0.113. The second-order valence-electron chi connectivity index (χ2n) is 8.76. The highest BCUT2D eigenvalue weighted by Gasteiger charge is 2.52. The van der Waals surface area contributed by atoms with E-state index in [4.69, 9.17) is 0 Å². The van der Waals surface area contributed by atoms with Gasteiger partial charge in [-0.3, -0.25) is 14.5 Å². The lowest BCUT2D eigenvalue weighted by atomic mass is 9.98. The fourth-order valence-corrected chi connectivity index (χ4v) is 4.63. The molecule has 4 amide bonds. The fraction of sp³-hybridized carbons (Fsp3) is 0.478. The van der Waals surface area contributed by atoms with Crippen molar-refractivity contribution in [1.82, 2.24) is 25.3 Å². The number of carbonyl (C=O) groups excluding carboxylic acids is 3. The molecular formula is C23H27N5O3. The average Bonchev–Trinajstić information content (AvgIpc) is 3.27. The molecule has 8 nitrogen and oxygen atoms in total. The third-order valence-corrected chi connectivity index (χ3v) is 6.50. The molecule has 0 atom stereocenters. The Morgan fingerprint density at radius 2 is 1.90 bits per heavy atom. The van der Waals surface area contributed by atoms with Crippen molar-refractivity contribution in [2.45, 2.75) is 56.4 Å². The SMILES string of the molecule is O=C(NCCCN1C(=O)NC2(CCCC2)C1=O)c1cc(C2CC2)nn1-c1ccccc1. The van der Waals surface area contributed by atoms with Crippen LogP contribution in [0.2, 0.25) is 0 Å². The van der Waals surface area contributed by atoms with E-state index in [1.54, 1.807) is 4.68 Å². The van der Waals surface area contributed by atoms with Crippen LogP contribution in [0.3, 0.4) is 0 Å². The molecule has 1 aliphatic heterocycles. The molecule has 0 radical (unpaired) electrons. The lowest BCUT2D eigenvalue weighted by molar-refractivity contribution is -0.131. The molecule has 2 saturated carbocycles. The molecule has 0 unspecified atom stereocenters. The summed E-state index contributed by atoms with van der Waals surface area (Å²) in [6, 6.07) is 11.2. The molecule has 1 spiro atoms. The molecule has 3 fully saturated rings. The van der Waals surface area contributed by atoms with E-state index in [-0.39, 0.29) is 17.8 Å². The van der Waals surface area contributed by atoms with E-state index in [2.05, 4.69) is 15.7 Å². The number of aromatic nitrogens is 2. The molecular weight excluding hydrogens is 394 g/mol. The van der Waals surface area contributed by atoms with Crippen molar-refractivity contribution in [3.05, 3.63) is 47.8 Å². The summed E-state index contributed by atoms with van der Waals surface area (Å²) < 4.78 is 1.70. The number of imide groups is 1. The number of hydrogen-bond donors (Lipinski definition) is 2. The number of carbonyl (C=O) groups is 3. The summed E-state index contributed by atoms with van der Waals surface area (Å²) in [6.45, 7) is 0.680. The van der Waals surface area contributed by atoms with Crippen LogP contribution in [0.5, 0.6) is 0 Å². The Morgan fingerprint density at radius 3 is 2.61 bits per heavy atom. The van der Waals surface area contributed by atoms with Crippen LogP contribution >= 0.6 is 0 Å². The summed E-state index contributed by atoms with van der Waals surface area (Å²) in [6.07, 6.45) is 6.10. The Hall–Kier alpha value is -3.16. The quantitative estimate of drug-likeness (QED) is 0.531. The zero-order chi connectivity index (χ0) is 21.4. The first-order valence-electron chi connectivity index (χ1n) is 11.2. The minimum Gasteiger partial charge on any atom is -0.351 e. The maximum atomic E-state index is 12.9. The Morgan fingerprint density at radius 1 is 1.16 bits per heavy atom. The first kappa shape index (κ1) is 19.8. The number of nitrogens with zero attached hydrogens (tertiary/aromatic N) is 3. The van der Waals surface area contributed by atoms with Crippen LogP contribution in [0.1, 0.15) is 67.0 Å². The van der Waals surface area contributed by atoms with Crippen molar-refractivity contribution in [2.24, 2.45) is 0 Å². The lowest BCUT2D eigenvalue weighted by Crippen LogP contribution is -2.44. The van der Waals surface area contributed by atoms with Crippen LogP contribution in [0.25, 0.3) is 5.69 Å². The highest BCUT2D eigenvalue weighted by molar-refractivity contribution is 6.07. The summed E-state index contributed by atoms with van der Waals surface area (Å²) in [5.74, 6) is 0.129. The van der Waals surface area contributed by atoms with Gasteiger partial charge >= 0.3 is 6.03 Å². The topological polar surface area (TPSA) is 96.3 Å².